The van der Waals surface area contributed by atoms with Crippen LogP contribution < -0.4 is 15.4 Å². The van der Waals surface area contributed by atoms with Gasteiger partial charge in [-0.2, -0.15) is 0 Å². The molecule has 0 aliphatic rings. The second kappa shape index (κ2) is 9.55. The van der Waals surface area contributed by atoms with Crippen molar-refractivity contribution in [1.82, 2.24) is 10.3 Å². The summed E-state index contributed by atoms with van der Waals surface area (Å²) in [4.78, 5) is 16.1. The molecule has 6 nitrogen and oxygen atoms in total. The van der Waals surface area contributed by atoms with E-state index in [0.29, 0.717) is 17.7 Å². The number of halogens is 1. The van der Waals surface area contributed by atoms with Crippen molar-refractivity contribution in [2.75, 3.05) is 25.0 Å². The van der Waals surface area contributed by atoms with E-state index in [9.17, 15) is 9.18 Å². The molecule has 2 N–H and O–H groups in total. The molecule has 8 heteroatoms. The van der Waals surface area contributed by atoms with E-state index in [4.69, 9.17) is 9.47 Å². The van der Waals surface area contributed by atoms with Crippen molar-refractivity contribution in [2.24, 2.45) is 0 Å². The zero-order valence-corrected chi connectivity index (χ0v) is 16.9. The van der Waals surface area contributed by atoms with Crippen LogP contribution in [0.5, 0.6) is 5.75 Å². The van der Waals surface area contributed by atoms with Crippen LogP contribution in [0.15, 0.2) is 30.1 Å². The number of hydrogen-bond acceptors (Lipinski definition) is 6. The second-order valence-electron chi connectivity index (χ2n) is 6.99. The lowest BCUT2D eigenvalue weighted by Crippen LogP contribution is -2.34. The smallest absolute Gasteiger partial charge is 0.407 e. The Morgan fingerprint density at radius 1 is 1.37 bits per heavy atom. The van der Waals surface area contributed by atoms with Gasteiger partial charge in [-0.15, -0.1) is 0 Å². The molecular weight excluding hydrogens is 369 g/mol. The molecule has 148 valence electrons. The first-order valence-electron chi connectivity index (χ1n) is 8.83. The fraction of sp³-hybridized carbons (Fsp3) is 0.474. The molecule has 0 saturated carbocycles. The Hall–Kier alpha value is -2.35. The summed E-state index contributed by atoms with van der Waals surface area (Å²) in [6, 6.07) is 5.54. The number of thiazole rings is 1. The van der Waals surface area contributed by atoms with Gasteiger partial charge in [0.1, 0.15) is 18.0 Å². The lowest BCUT2D eigenvalue weighted by Gasteiger charge is -2.20. The highest BCUT2D eigenvalue weighted by Gasteiger charge is 2.16. The maximum atomic E-state index is 13.1. The second-order valence-corrected chi connectivity index (χ2v) is 8.02. The number of alkyl carbamates (subject to hydrolysis) is 1. The number of carbonyl (C=O) groups excluding carboxylic acids is 1. The third kappa shape index (κ3) is 7.05. The fourth-order valence-corrected chi connectivity index (χ4v) is 3.02. The van der Waals surface area contributed by atoms with E-state index in [1.165, 1.54) is 0 Å². The average Bonchev–Trinajstić information content (AvgIpc) is 3.00. The van der Waals surface area contributed by atoms with Crippen LogP contribution in [-0.2, 0) is 4.74 Å². The summed E-state index contributed by atoms with van der Waals surface area (Å²) in [7, 11) is 0. The topological polar surface area (TPSA) is 72.5 Å². The number of hydrogen-bond donors (Lipinski definition) is 2. The monoisotopic (exact) mass is 395 g/mol. The van der Waals surface area contributed by atoms with Crippen LogP contribution in [-0.4, -0.2) is 36.4 Å². The summed E-state index contributed by atoms with van der Waals surface area (Å²) < 4.78 is 24.8. The molecule has 1 aromatic carbocycles. The van der Waals surface area contributed by atoms with E-state index in [1.807, 2.05) is 12.1 Å². The van der Waals surface area contributed by atoms with Crippen molar-refractivity contribution in [2.45, 2.75) is 39.7 Å². The first-order valence-corrected chi connectivity index (χ1v) is 9.64. The van der Waals surface area contributed by atoms with Gasteiger partial charge in [-0.25, -0.2) is 14.2 Å². The molecule has 0 bridgehead atoms. The Morgan fingerprint density at radius 2 is 2.15 bits per heavy atom. The molecule has 0 spiro atoms. The molecule has 2 aromatic rings. The molecule has 0 fully saturated rings. The number of carbonyl (C=O) groups is 1. The SMILES string of the molecule is CCCNc1nc2ccc(OCC(=CF)CNC(=O)OC(C)(C)C)cc2s1. The average molecular weight is 396 g/mol. The molecular formula is C19H26FN3O3S. The Labute approximate surface area is 162 Å². The van der Waals surface area contributed by atoms with Gasteiger partial charge < -0.3 is 20.1 Å². The standard InChI is InChI=1S/C19H26FN3O3S/c1-5-8-21-17-23-15-7-6-14(9-16(15)27-17)25-12-13(10-20)11-22-18(24)26-19(2,3)4/h6-7,9-10H,5,8,11-12H2,1-4H3,(H,21,23)(H,22,24). The summed E-state index contributed by atoms with van der Waals surface area (Å²) in [5.41, 5.74) is 0.587. The number of amides is 1. The van der Waals surface area contributed by atoms with E-state index >= 15 is 0 Å². The minimum absolute atomic E-state index is 0.0132. The van der Waals surface area contributed by atoms with Crippen molar-refractivity contribution in [3.8, 4) is 5.75 Å². The van der Waals surface area contributed by atoms with Crippen molar-refractivity contribution in [3.05, 3.63) is 30.1 Å². The van der Waals surface area contributed by atoms with E-state index in [0.717, 1.165) is 28.3 Å². The van der Waals surface area contributed by atoms with Crippen LogP contribution >= 0.6 is 11.3 Å². The fourth-order valence-electron chi connectivity index (χ4n) is 2.10. The Kier molecular flexibility index (Phi) is 7.41. The van der Waals surface area contributed by atoms with E-state index < -0.39 is 11.7 Å². The minimum atomic E-state index is -0.602. The van der Waals surface area contributed by atoms with Crippen molar-refractivity contribution in [3.63, 3.8) is 0 Å². The van der Waals surface area contributed by atoms with Crippen LogP contribution in [0, 0.1) is 0 Å². The molecule has 1 heterocycles. The summed E-state index contributed by atoms with van der Waals surface area (Å²) >= 11 is 1.55. The molecule has 27 heavy (non-hydrogen) atoms. The summed E-state index contributed by atoms with van der Waals surface area (Å²) in [6.45, 7) is 8.30. The van der Waals surface area contributed by atoms with Crippen molar-refractivity contribution < 1.29 is 18.7 Å². The molecule has 2 rings (SSSR count). The number of rotatable bonds is 8. The van der Waals surface area contributed by atoms with Crippen LogP contribution in [0.1, 0.15) is 34.1 Å². The van der Waals surface area contributed by atoms with Gasteiger partial charge in [-0.05, 0) is 45.4 Å². The number of anilines is 1. The lowest BCUT2D eigenvalue weighted by atomic mass is 10.2. The van der Waals surface area contributed by atoms with Gasteiger partial charge in [0.05, 0.1) is 16.5 Å². The highest BCUT2D eigenvalue weighted by atomic mass is 32.1. The molecule has 1 aromatic heterocycles. The summed E-state index contributed by atoms with van der Waals surface area (Å²) in [6.07, 6.45) is 0.870. The van der Waals surface area contributed by atoms with Crippen LogP contribution in [0.2, 0.25) is 0 Å². The Morgan fingerprint density at radius 3 is 2.81 bits per heavy atom. The van der Waals surface area contributed by atoms with Gasteiger partial charge in [0.2, 0.25) is 0 Å². The van der Waals surface area contributed by atoms with E-state index in [2.05, 4.69) is 22.5 Å². The van der Waals surface area contributed by atoms with Crippen molar-refractivity contribution in [1.29, 1.82) is 0 Å². The largest absolute Gasteiger partial charge is 0.489 e. The van der Waals surface area contributed by atoms with Gasteiger partial charge in [-0.1, -0.05) is 18.3 Å². The predicted octanol–water partition coefficient (Wildman–Crippen LogP) is 4.88. The number of ether oxygens (including phenoxy) is 2. The van der Waals surface area contributed by atoms with E-state index in [1.54, 1.807) is 38.2 Å². The maximum absolute atomic E-state index is 13.1. The van der Waals surface area contributed by atoms with Gasteiger partial charge in [0, 0.05) is 18.7 Å². The number of aromatic nitrogens is 1. The molecule has 0 aliphatic carbocycles. The van der Waals surface area contributed by atoms with Gasteiger partial charge >= 0.3 is 6.09 Å². The van der Waals surface area contributed by atoms with Crippen LogP contribution in [0.4, 0.5) is 14.3 Å². The maximum Gasteiger partial charge on any atom is 0.407 e. The number of fused-ring (bicyclic) bond motifs is 1. The van der Waals surface area contributed by atoms with Crippen LogP contribution in [0.3, 0.4) is 0 Å². The Balaban J connectivity index is 1.89. The zero-order chi connectivity index (χ0) is 19.9. The first kappa shape index (κ1) is 21.0. The third-order valence-electron chi connectivity index (χ3n) is 3.32. The van der Waals surface area contributed by atoms with Crippen molar-refractivity contribution >= 4 is 32.8 Å². The number of nitrogens with zero attached hydrogens (tertiary/aromatic N) is 1. The van der Waals surface area contributed by atoms with Crippen LogP contribution in [0.25, 0.3) is 10.2 Å². The van der Waals surface area contributed by atoms with E-state index in [-0.39, 0.29) is 13.2 Å². The zero-order valence-electron chi connectivity index (χ0n) is 16.1. The quantitative estimate of drug-likeness (QED) is 0.667. The van der Waals surface area contributed by atoms with Gasteiger partial charge in [0.25, 0.3) is 0 Å². The summed E-state index contributed by atoms with van der Waals surface area (Å²) in [5, 5.41) is 6.65. The van der Waals surface area contributed by atoms with Gasteiger partial charge in [0.15, 0.2) is 5.13 Å². The highest BCUT2D eigenvalue weighted by Crippen LogP contribution is 2.29. The highest BCUT2D eigenvalue weighted by molar-refractivity contribution is 7.22. The number of nitrogens with one attached hydrogen (secondary N) is 2. The molecule has 1 amide bonds. The van der Waals surface area contributed by atoms with Gasteiger partial charge in [-0.3, -0.25) is 0 Å². The molecule has 0 radical (unpaired) electrons. The molecule has 0 atom stereocenters. The summed E-state index contributed by atoms with van der Waals surface area (Å²) in [5.74, 6) is 0.616. The molecule has 0 saturated heterocycles. The Bertz CT molecular complexity index is 799. The third-order valence-corrected chi connectivity index (χ3v) is 4.30. The molecule has 0 aliphatic heterocycles. The minimum Gasteiger partial charge on any atom is -0.489 e. The lowest BCUT2D eigenvalue weighted by molar-refractivity contribution is 0.0531. The molecule has 0 unspecified atom stereocenters. The first-order chi connectivity index (χ1) is 12.8. The predicted molar refractivity (Wildman–Crippen MR) is 107 cm³/mol. The normalized spacial score (nSPS) is 12.1. The number of benzene rings is 1.